The molecule has 0 saturated carbocycles. The summed E-state index contributed by atoms with van der Waals surface area (Å²) in [5, 5.41) is 10.5. The van der Waals surface area contributed by atoms with Crippen LogP contribution in [0.15, 0.2) is 0 Å². The van der Waals surface area contributed by atoms with E-state index in [2.05, 4.69) is 43.4 Å². The molecule has 0 spiro atoms. The molecule has 0 bridgehead atoms. The predicted molar refractivity (Wildman–Crippen MR) is 83.2 cm³/mol. The van der Waals surface area contributed by atoms with Gasteiger partial charge in [0.15, 0.2) is 0 Å². The van der Waals surface area contributed by atoms with Gasteiger partial charge in [-0.2, -0.15) is 0 Å². The van der Waals surface area contributed by atoms with Crippen LogP contribution in [0, 0.1) is 0 Å². The van der Waals surface area contributed by atoms with Crippen molar-refractivity contribution < 1.29 is 0 Å². The summed E-state index contributed by atoms with van der Waals surface area (Å²) in [6.45, 7) is 10.4. The zero-order valence-corrected chi connectivity index (χ0v) is 13.0. The number of alkyl halides is 1. The Balaban J connectivity index is 2.19. The van der Waals surface area contributed by atoms with Gasteiger partial charge in [0.05, 0.1) is 0 Å². The van der Waals surface area contributed by atoms with E-state index in [9.17, 15) is 0 Å². The normalized spacial score (nSPS) is 23.1. The van der Waals surface area contributed by atoms with E-state index in [1.54, 1.807) is 0 Å². The molecule has 0 amide bonds. The lowest BCUT2D eigenvalue weighted by atomic mass is 10.3. The Morgan fingerprint density at radius 1 is 0.765 bits per heavy atom. The van der Waals surface area contributed by atoms with Crippen molar-refractivity contribution in [1.29, 1.82) is 0 Å². The molecule has 1 rings (SSSR count). The Hall–Kier alpha value is 0.570. The summed E-state index contributed by atoms with van der Waals surface area (Å²) in [7, 11) is 0. The van der Waals surface area contributed by atoms with Crippen LogP contribution in [0.25, 0.3) is 0 Å². The minimum atomic E-state index is 1.09. The Labute approximate surface area is 119 Å². The van der Waals surface area contributed by atoms with Crippen LogP contribution in [0.5, 0.6) is 0 Å². The highest BCUT2D eigenvalue weighted by molar-refractivity contribution is 14.1. The molecule has 4 nitrogen and oxygen atoms in total. The van der Waals surface area contributed by atoms with Gasteiger partial charge in [-0.05, 0) is 39.0 Å². The van der Waals surface area contributed by atoms with E-state index in [0.29, 0.717) is 0 Å². The van der Waals surface area contributed by atoms with Gasteiger partial charge in [-0.25, -0.2) is 0 Å². The minimum absolute atomic E-state index is 1.09. The molecular formula is C12H27IN4. The summed E-state index contributed by atoms with van der Waals surface area (Å²) in [5.74, 6) is 0. The van der Waals surface area contributed by atoms with Crippen LogP contribution < -0.4 is 16.0 Å². The van der Waals surface area contributed by atoms with E-state index in [0.717, 1.165) is 39.3 Å². The fourth-order valence-corrected chi connectivity index (χ4v) is 2.69. The van der Waals surface area contributed by atoms with Gasteiger partial charge in [-0.15, -0.1) is 0 Å². The third-order valence-electron chi connectivity index (χ3n) is 3.02. The average Bonchev–Trinajstić information content (AvgIpc) is 2.34. The Bertz CT molecular complexity index is 155. The molecule has 1 aliphatic rings. The standard InChI is InChI=1S/C12H27IN4/c13-3-11-17-10-2-6-15-8-7-14-4-1-5-16-9-12-17/h14-16H,1-12H2. The lowest BCUT2D eigenvalue weighted by molar-refractivity contribution is 0.285. The zero-order chi connectivity index (χ0) is 12.2. The van der Waals surface area contributed by atoms with Gasteiger partial charge in [-0.3, -0.25) is 0 Å². The molecule has 1 aliphatic heterocycles. The fourth-order valence-electron chi connectivity index (χ4n) is 2.01. The first-order valence-corrected chi connectivity index (χ1v) is 8.36. The first-order chi connectivity index (χ1) is 8.43. The van der Waals surface area contributed by atoms with Crippen molar-refractivity contribution in [2.45, 2.75) is 12.8 Å². The summed E-state index contributed by atoms with van der Waals surface area (Å²) >= 11 is 2.47. The summed E-state index contributed by atoms with van der Waals surface area (Å²) < 4.78 is 1.23. The number of hydrogen-bond acceptors (Lipinski definition) is 4. The van der Waals surface area contributed by atoms with Crippen molar-refractivity contribution in [2.75, 3.05) is 63.3 Å². The monoisotopic (exact) mass is 354 g/mol. The molecule has 17 heavy (non-hydrogen) atoms. The molecule has 0 aromatic heterocycles. The van der Waals surface area contributed by atoms with Crippen LogP contribution in [-0.4, -0.2) is 68.2 Å². The first-order valence-electron chi connectivity index (χ1n) is 6.84. The van der Waals surface area contributed by atoms with Crippen molar-refractivity contribution in [3.8, 4) is 0 Å². The van der Waals surface area contributed by atoms with E-state index in [-0.39, 0.29) is 0 Å². The maximum atomic E-state index is 3.53. The Morgan fingerprint density at radius 3 is 2.12 bits per heavy atom. The molecule has 1 fully saturated rings. The van der Waals surface area contributed by atoms with Crippen LogP contribution in [0.2, 0.25) is 0 Å². The summed E-state index contributed by atoms with van der Waals surface area (Å²) in [6.07, 6.45) is 2.49. The number of rotatable bonds is 2. The molecule has 0 atom stereocenters. The van der Waals surface area contributed by atoms with Gasteiger partial charge in [0.1, 0.15) is 0 Å². The molecule has 3 N–H and O–H groups in total. The Kier molecular flexibility index (Phi) is 10.7. The lowest BCUT2D eigenvalue weighted by Gasteiger charge is -2.22. The van der Waals surface area contributed by atoms with Crippen molar-refractivity contribution in [2.24, 2.45) is 0 Å². The second kappa shape index (κ2) is 11.6. The molecule has 1 heterocycles. The van der Waals surface area contributed by atoms with Crippen molar-refractivity contribution in [3.05, 3.63) is 0 Å². The number of nitrogens with one attached hydrogen (secondary N) is 3. The van der Waals surface area contributed by atoms with E-state index >= 15 is 0 Å². The van der Waals surface area contributed by atoms with Crippen molar-refractivity contribution in [1.82, 2.24) is 20.9 Å². The zero-order valence-electron chi connectivity index (χ0n) is 10.8. The molecule has 5 heteroatoms. The maximum Gasteiger partial charge on any atom is 0.0123 e. The maximum absolute atomic E-state index is 3.53. The van der Waals surface area contributed by atoms with Crippen LogP contribution in [0.1, 0.15) is 12.8 Å². The van der Waals surface area contributed by atoms with Gasteiger partial charge >= 0.3 is 0 Å². The summed E-state index contributed by atoms with van der Waals surface area (Å²) in [6, 6.07) is 0. The van der Waals surface area contributed by atoms with Gasteiger partial charge in [0.2, 0.25) is 0 Å². The SMILES string of the molecule is ICCN1CCCNCCNCCCNCC1. The third kappa shape index (κ3) is 9.18. The van der Waals surface area contributed by atoms with E-state index in [4.69, 9.17) is 0 Å². The van der Waals surface area contributed by atoms with Crippen molar-refractivity contribution in [3.63, 3.8) is 0 Å². The molecule has 0 aromatic rings. The van der Waals surface area contributed by atoms with E-state index in [1.165, 1.54) is 36.9 Å². The van der Waals surface area contributed by atoms with Crippen LogP contribution in [0.3, 0.4) is 0 Å². The van der Waals surface area contributed by atoms with Gasteiger partial charge in [-0.1, -0.05) is 22.6 Å². The quantitative estimate of drug-likeness (QED) is 0.492. The highest BCUT2D eigenvalue weighted by Gasteiger charge is 2.03. The van der Waals surface area contributed by atoms with E-state index in [1.807, 2.05) is 0 Å². The highest BCUT2D eigenvalue weighted by Crippen LogP contribution is 1.93. The highest BCUT2D eigenvalue weighted by atomic mass is 127. The molecule has 0 aromatic carbocycles. The smallest absolute Gasteiger partial charge is 0.0123 e. The average molecular weight is 354 g/mol. The number of halogens is 1. The topological polar surface area (TPSA) is 39.3 Å². The lowest BCUT2D eigenvalue weighted by Crippen LogP contribution is -2.37. The molecular weight excluding hydrogens is 327 g/mol. The van der Waals surface area contributed by atoms with Crippen LogP contribution >= 0.6 is 22.6 Å². The number of hydrogen-bond donors (Lipinski definition) is 3. The Morgan fingerprint density at radius 2 is 1.41 bits per heavy atom. The largest absolute Gasteiger partial charge is 0.315 e. The first kappa shape index (κ1) is 15.6. The second-order valence-electron chi connectivity index (χ2n) is 4.49. The third-order valence-corrected chi connectivity index (χ3v) is 3.50. The summed E-state index contributed by atoms with van der Waals surface area (Å²) in [5.41, 5.74) is 0. The molecule has 102 valence electrons. The minimum Gasteiger partial charge on any atom is -0.315 e. The molecule has 0 radical (unpaired) electrons. The van der Waals surface area contributed by atoms with Gasteiger partial charge < -0.3 is 20.9 Å². The predicted octanol–water partition coefficient (Wildman–Crippen LogP) is 0.286. The van der Waals surface area contributed by atoms with Crippen LogP contribution in [0.4, 0.5) is 0 Å². The molecule has 1 saturated heterocycles. The van der Waals surface area contributed by atoms with Gasteiger partial charge in [0, 0.05) is 37.2 Å². The number of nitrogens with zero attached hydrogens (tertiary/aromatic N) is 1. The van der Waals surface area contributed by atoms with E-state index < -0.39 is 0 Å². The molecule has 0 aliphatic carbocycles. The molecule has 0 unspecified atom stereocenters. The van der Waals surface area contributed by atoms with Crippen LogP contribution in [-0.2, 0) is 0 Å². The second-order valence-corrected chi connectivity index (χ2v) is 5.57. The van der Waals surface area contributed by atoms with Gasteiger partial charge in [0.25, 0.3) is 0 Å². The fraction of sp³-hybridized carbons (Fsp3) is 1.00. The van der Waals surface area contributed by atoms with Crippen molar-refractivity contribution >= 4 is 22.6 Å². The summed E-state index contributed by atoms with van der Waals surface area (Å²) in [4.78, 5) is 2.57.